The second-order valence-electron chi connectivity index (χ2n) is 10.4. The Balaban J connectivity index is 1.11. The summed E-state index contributed by atoms with van der Waals surface area (Å²) in [7, 11) is 2.18. The first-order valence-corrected chi connectivity index (χ1v) is 13.5. The summed E-state index contributed by atoms with van der Waals surface area (Å²) in [5, 5.41) is 3.03. The number of amides is 1. The maximum atomic E-state index is 13.0. The Hall–Kier alpha value is -4.20. The molecule has 7 heteroatoms. The number of nitrogens with one attached hydrogen (secondary N) is 2. The number of nitrogens with zero attached hydrogens (tertiary/aromatic N) is 3. The van der Waals surface area contributed by atoms with Gasteiger partial charge in [-0.3, -0.25) is 4.79 Å². The Kier molecular flexibility index (Phi) is 7.00. The number of aromatic nitrogens is 2. The highest BCUT2D eigenvalue weighted by atomic mass is 16.3. The minimum atomic E-state index is -0.145. The molecule has 7 nitrogen and oxygen atoms in total. The highest BCUT2D eigenvalue weighted by Gasteiger charge is 2.14. The Morgan fingerprint density at radius 1 is 0.949 bits per heavy atom. The molecule has 39 heavy (non-hydrogen) atoms. The van der Waals surface area contributed by atoms with Crippen molar-refractivity contribution in [1.29, 1.82) is 0 Å². The number of benzene rings is 3. The highest BCUT2D eigenvalue weighted by molar-refractivity contribution is 6.06. The molecular formula is C32H33N5O2. The molecule has 2 aromatic heterocycles. The zero-order valence-corrected chi connectivity index (χ0v) is 22.4. The van der Waals surface area contributed by atoms with Gasteiger partial charge in [-0.05, 0) is 74.5 Å². The van der Waals surface area contributed by atoms with E-state index < -0.39 is 0 Å². The Morgan fingerprint density at radius 3 is 2.51 bits per heavy atom. The summed E-state index contributed by atoms with van der Waals surface area (Å²) < 4.78 is 5.78. The van der Waals surface area contributed by atoms with Crippen LogP contribution in [0.5, 0.6) is 0 Å². The molecule has 1 fully saturated rings. The number of imidazole rings is 1. The van der Waals surface area contributed by atoms with E-state index in [2.05, 4.69) is 45.3 Å². The largest absolute Gasteiger partial charge is 0.461 e. The SMILES string of the molecule is Cc1ccc(-c2cccc(-c3nc4ccc(C(=O)Nc5ccc(CCN6CCN(C)CC6)cc5)cc4[nH]3)c2)o1. The van der Waals surface area contributed by atoms with Crippen molar-refractivity contribution < 1.29 is 9.21 Å². The zero-order valence-electron chi connectivity index (χ0n) is 22.4. The van der Waals surface area contributed by atoms with E-state index in [0.717, 1.165) is 84.3 Å². The molecule has 3 aromatic carbocycles. The summed E-state index contributed by atoms with van der Waals surface area (Å²) in [6, 6.07) is 25.7. The fourth-order valence-electron chi connectivity index (χ4n) is 5.01. The molecule has 3 heterocycles. The van der Waals surface area contributed by atoms with Crippen molar-refractivity contribution in [2.24, 2.45) is 0 Å². The number of aromatic amines is 1. The van der Waals surface area contributed by atoms with Gasteiger partial charge in [0, 0.05) is 55.1 Å². The number of furan rings is 1. The molecule has 0 bridgehead atoms. The molecule has 0 atom stereocenters. The molecule has 1 amide bonds. The average Bonchev–Trinajstić information content (AvgIpc) is 3.59. The molecule has 0 spiro atoms. The molecular weight excluding hydrogens is 486 g/mol. The van der Waals surface area contributed by atoms with Crippen LogP contribution in [0.3, 0.4) is 0 Å². The van der Waals surface area contributed by atoms with Gasteiger partial charge in [-0.15, -0.1) is 0 Å². The van der Waals surface area contributed by atoms with Gasteiger partial charge in [0.1, 0.15) is 17.3 Å². The minimum Gasteiger partial charge on any atom is -0.461 e. The summed E-state index contributed by atoms with van der Waals surface area (Å²) in [5.74, 6) is 2.31. The van der Waals surface area contributed by atoms with Crippen molar-refractivity contribution >= 4 is 22.6 Å². The van der Waals surface area contributed by atoms with E-state index in [4.69, 9.17) is 9.40 Å². The summed E-state index contributed by atoms with van der Waals surface area (Å²) >= 11 is 0. The number of likely N-dealkylation sites (N-methyl/N-ethyl adjacent to an activating group) is 1. The third-order valence-electron chi connectivity index (χ3n) is 7.43. The van der Waals surface area contributed by atoms with Gasteiger partial charge in [0.15, 0.2) is 0 Å². The van der Waals surface area contributed by atoms with Gasteiger partial charge in [-0.25, -0.2) is 4.98 Å². The van der Waals surface area contributed by atoms with Gasteiger partial charge in [0.25, 0.3) is 5.91 Å². The number of hydrogen-bond donors (Lipinski definition) is 2. The molecule has 0 aliphatic carbocycles. The van der Waals surface area contributed by atoms with Crippen LogP contribution in [0.1, 0.15) is 21.7 Å². The fourth-order valence-corrected chi connectivity index (χ4v) is 5.01. The van der Waals surface area contributed by atoms with Crippen molar-refractivity contribution in [2.75, 3.05) is 45.1 Å². The number of aryl methyl sites for hydroxylation is 1. The summed E-state index contributed by atoms with van der Waals surface area (Å²) in [5.41, 5.74) is 6.23. The summed E-state index contributed by atoms with van der Waals surface area (Å²) in [6.45, 7) is 7.53. The van der Waals surface area contributed by atoms with E-state index >= 15 is 0 Å². The minimum absolute atomic E-state index is 0.145. The molecule has 6 rings (SSSR count). The molecule has 0 saturated carbocycles. The second kappa shape index (κ2) is 10.9. The Bertz CT molecular complexity index is 1590. The van der Waals surface area contributed by atoms with Gasteiger partial charge in [-0.2, -0.15) is 0 Å². The number of rotatable bonds is 7. The lowest BCUT2D eigenvalue weighted by Crippen LogP contribution is -2.45. The van der Waals surface area contributed by atoms with Gasteiger partial charge in [-0.1, -0.05) is 30.3 Å². The van der Waals surface area contributed by atoms with Gasteiger partial charge < -0.3 is 24.5 Å². The quantitative estimate of drug-likeness (QED) is 0.282. The van der Waals surface area contributed by atoms with Gasteiger partial charge in [0.2, 0.25) is 0 Å². The number of anilines is 1. The summed E-state index contributed by atoms with van der Waals surface area (Å²) in [4.78, 5) is 26.0. The first-order valence-electron chi connectivity index (χ1n) is 13.5. The van der Waals surface area contributed by atoms with E-state index in [1.165, 1.54) is 5.56 Å². The number of carbonyl (C=O) groups is 1. The van der Waals surface area contributed by atoms with Crippen molar-refractivity contribution in [3.63, 3.8) is 0 Å². The van der Waals surface area contributed by atoms with Crippen LogP contribution in [-0.4, -0.2) is 65.4 Å². The van der Waals surface area contributed by atoms with Crippen LogP contribution in [0.4, 0.5) is 5.69 Å². The van der Waals surface area contributed by atoms with Crippen LogP contribution in [0, 0.1) is 6.92 Å². The monoisotopic (exact) mass is 519 g/mol. The van der Waals surface area contributed by atoms with Crippen molar-refractivity contribution in [2.45, 2.75) is 13.3 Å². The van der Waals surface area contributed by atoms with Crippen LogP contribution < -0.4 is 5.32 Å². The molecule has 2 N–H and O–H groups in total. The third-order valence-corrected chi connectivity index (χ3v) is 7.43. The molecule has 1 aliphatic rings. The number of fused-ring (bicyclic) bond motifs is 1. The highest BCUT2D eigenvalue weighted by Crippen LogP contribution is 2.28. The lowest BCUT2D eigenvalue weighted by Gasteiger charge is -2.32. The maximum absolute atomic E-state index is 13.0. The van der Waals surface area contributed by atoms with Gasteiger partial charge >= 0.3 is 0 Å². The van der Waals surface area contributed by atoms with E-state index in [9.17, 15) is 4.79 Å². The molecule has 0 unspecified atom stereocenters. The summed E-state index contributed by atoms with van der Waals surface area (Å²) in [6.07, 6.45) is 1.01. The van der Waals surface area contributed by atoms with E-state index in [1.807, 2.05) is 67.6 Å². The fraction of sp³-hybridized carbons (Fsp3) is 0.250. The number of carbonyl (C=O) groups excluding carboxylic acids is 1. The van der Waals surface area contributed by atoms with Crippen LogP contribution in [0.25, 0.3) is 33.7 Å². The molecule has 1 saturated heterocycles. The normalized spacial score (nSPS) is 14.6. The number of H-pyrrole nitrogens is 1. The van der Waals surface area contributed by atoms with Gasteiger partial charge in [0.05, 0.1) is 11.0 Å². The predicted octanol–water partition coefficient (Wildman–Crippen LogP) is 5.84. The Labute approximate surface area is 228 Å². The maximum Gasteiger partial charge on any atom is 0.255 e. The zero-order chi connectivity index (χ0) is 26.8. The third kappa shape index (κ3) is 5.79. The second-order valence-corrected chi connectivity index (χ2v) is 10.4. The molecule has 198 valence electrons. The average molecular weight is 520 g/mol. The van der Waals surface area contributed by atoms with Crippen molar-refractivity contribution in [3.05, 3.63) is 95.7 Å². The van der Waals surface area contributed by atoms with E-state index in [-0.39, 0.29) is 5.91 Å². The lowest BCUT2D eigenvalue weighted by molar-refractivity contribution is 0.102. The molecule has 5 aromatic rings. The molecule has 1 aliphatic heterocycles. The standard InChI is InChI=1S/C32H33N5O2/c1-22-6-13-30(39-22)24-4-3-5-25(20-24)31-34-28-12-9-26(21-29(28)35-31)32(38)33-27-10-7-23(8-11-27)14-15-37-18-16-36(2)17-19-37/h3-13,20-21H,14-19H2,1-2H3,(H,33,38)(H,34,35). The van der Waals surface area contributed by atoms with Crippen LogP contribution >= 0.6 is 0 Å². The van der Waals surface area contributed by atoms with E-state index in [0.29, 0.717) is 5.56 Å². The topological polar surface area (TPSA) is 77.4 Å². The van der Waals surface area contributed by atoms with Crippen molar-refractivity contribution in [3.8, 4) is 22.7 Å². The predicted molar refractivity (Wildman–Crippen MR) is 156 cm³/mol. The van der Waals surface area contributed by atoms with Crippen LogP contribution in [-0.2, 0) is 6.42 Å². The lowest BCUT2D eigenvalue weighted by atomic mass is 10.1. The smallest absolute Gasteiger partial charge is 0.255 e. The van der Waals surface area contributed by atoms with Crippen molar-refractivity contribution in [1.82, 2.24) is 19.8 Å². The van der Waals surface area contributed by atoms with E-state index in [1.54, 1.807) is 0 Å². The van der Waals surface area contributed by atoms with Crippen LogP contribution in [0.2, 0.25) is 0 Å². The Morgan fingerprint density at radius 2 is 1.74 bits per heavy atom. The van der Waals surface area contributed by atoms with Crippen LogP contribution in [0.15, 0.2) is 83.3 Å². The first kappa shape index (κ1) is 25.1. The number of piperazine rings is 1. The molecule has 0 radical (unpaired) electrons. The number of hydrogen-bond acceptors (Lipinski definition) is 5. The first-order chi connectivity index (χ1) is 19.0.